The molecule has 3 aromatic rings. The zero-order chi connectivity index (χ0) is 19.4. The molecule has 1 heterocycles. The number of aromatic nitrogens is 1. The Morgan fingerprint density at radius 3 is 2.41 bits per heavy atom. The van der Waals surface area contributed by atoms with Crippen LogP contribution in [-0.4, -0.2) is 25.1 Å². The number of anilines is 1. The largest absolute Gasteiger partial charge is 0.302 e. The number of amides is 1. The van der Waals surface area contributed by atoms with Crippen molar-refractivity contribution in [2.45, 2.75) is 18.2 Å². The van der Waals surface area contributed by atoms with Crippen LogP contribution in [0.2, 0.25) is 0 Å². The molecule has 1 N–H and O–H groups in total. The Morgan fingerprint density at radius 2 is 1.78 bits per heavy atom. The van der Waals surface area contributed by atoms with Gasteiger partial charge in [-0.1, -0.05) is 47.1 Å². The quantitative estimate of drug-likeness (QED) is 0.580. The molecular weight excluding hydrogens is 448 g/mol. The second-order valence-electron chi connectivity index (χ2n) is 5.82. The van der Waals surface area contributed by atoms with Crippen molar-refractivity contribution >= 4 is 48.1 Å². The third kappa shape index (κ3) is 5.03. The maximum absolute atomic E-state index is 12.2. The van der Waals surface area contributed by atoms with Crippen LogP contribution in [0.5, 0.6) is 0 Å². The Labute approximate surface area is 170 Å². The number of thiazole rings is 1. The van der Waals surface area contributed by atoms with Crippen LogP contribution in [0.1, 0.15) is 12.5 Å². The van der Waals surface area contributed by atoms with Crippen molar-refractivity contribution in [3.8, 4) is 11.3 Å². The highest BCUT2D eigenvalue weighted by atomic mass is 79.9. The summed E-state index contributed by atoms with van der Waals surface area (Å²) in [5.41, 5.74) is 2.52. The molecule has 5 nitrogen and oxygen atoms in total. The second kappa shape index (κ2) is 8.33. The number of hydrogen-bond acceptors (Lipinski definition) is 5. The fraction of sp³-hybridized carbons (Fsp3) is 0.158. The van der Waals surface area contributed by atoms with E-state index >= 15 is 0 Å². The van der Waals surface area contributed by atoms with E-state index in [-0.39, 0.29) is 23.0 Å². The lowest BCUT2D eigenvalue weighted by Crippen LogP contribution is -2.14. The fourth-order valence-electron chi connectivity index (χ4n) is 2.41. The van der Waals surface area contributed by atoms with E-state index in [9.17, 15) is 13.2 Å². The van der Waals surface area contributed by atoms with Gasteiger partial charge in [0.1, 0.15) is 0 Å². The minimum Gasteiger partial charge on any atom is -0.302 e. The summed E-state index contributed by atoms with van der Waals surface area (Å²) in [4.78, 5) is 17.0. The van der Waals surface area contributed by atoms with Crippen LogP contribution in [0.4, 0.5) is 5.13 Å². The van der Waals surface area contributed by atoms with Gasteiger partial charge in [0.2, 0.25) is 5.91 Å². The highest BCUT2D eigenvalue weighted by molar-refractivity contribution is 9.10. The summed E-state index contributed by atoms with van der Waals surface area (Å²) in [5.74, 6) is -0.143. The Bertz CT molecular complexity index is 1040. The van der Waals surface area contributed by atoms with Crippen molar-refractivity contribution in [3.05, 3.63) is 63.9 Å². The van der Waals surface area contributed by atoms with E-state index in [2.05, 4.69) is 26.2 Å². The van der Waals surface area contributed by atoms with Gasteiger partial charge in [-0.25, -0.2) is 13.4 Å². The van der Waals surface area contributed by atoms with E-state index in [0.29, 0.717) is 5.13 Å². The first kappa shape index (κ1) is 19.7. The van der Waals surface area contributed by atoms with Crippen LogP contribution >= 0.6 is 27.3 Å². The molecule has 0 saturated carbocycles. The van der Waals surface area contributed by atoms with Crippen molar-refractivity contribution in [3.63, 3.8) is 0 Å². The molecule has 2 aromatic carbocycles. The molecule has 27 heavy (non-hydrogen) atoms. The molecule has 1 amide bonds. The Hall–Kier alpha value is -2.03. The lowest BCUT2D eigenvalue weighted by Gasteiger charge is -2.04. The third-order valence-electron chi connectivity index (χ3n) is 3.92. The molecule has 0 radical (unpaired) electrons. The van der Waals surface area contributed by atoms with Crippen molar-refractivity contribution in [1.82, 2.24) is 4.98 Å². The molecule has 0 aliphatic rings. The molecular formula is C19H17BrN2O3S2. The van der Waals surface area contributed by atoms with E-state index in [1.54, 1.807) is 19.1 Å². The number of carbonyl (C=O) groups excluding carboxylic acids is 1. The molecule has 140 valence electrons. The van der Waals surface area contributed by atoms with Crippen LogP contribution in [0, 0.1) is 0 Å². The van der Waals surface area contributed by atoms with E-state index in [4.69, 9.17) is 0 Å². The Morgan fingerprint density at radius 1 is 1.11 bits per heavy atom. The van der Waals surface area contributed by atoms with Gasteiger partial charge in [-0.3, -0.25) is 4.79 Å². The molecule has 0 spiro atoms. The van der Waals surface area contributed by atoms with Gasteiger partial charge in [0.15, 0.2) is 15.0 Å². The second-order valence-corrected chi connectivity index (χ2v) is 9.87. The SMILES string of the molecule is CCS(=O)(=O)c1ccc(CC(=O)Nc2nc(-c3ccc(Br)cc3)cs2)cc1. The van der Waals surface area contributed by atoms with E-state index < -0.39 is 9.84 Å². The van der Waals surface area contributed by atoms with Crippen LogP contribution in [0.3, 0.4) is 0 Å². The van der Waals surface area contributed by atoms with Crippen molar-refractivity contribution in [1.29, 1.82) is 0 Å². The highest BCUT2D eigenvalue weighted by Gasteiger charge is 2.12. The predicted molar refractivity (Wildman–Crippen MR) is 112 cm³/mol. The van der Waals surface area contributed by atoms with Gasteiger partial charge in [0.25, 0.3) is 0 Å². The van der Waals surface area contributed by atoms with E-state index in [1.807, 2.05) is 29.6 Å². The molecule has 0 aliphatic heterocycles. The monoisotopic (exact) mass is 464 g/mol. The third-order valence-corrected chi connectivity index (χ3v) is 6.95. The Balaban J connectivity index is 1.64. The lowest BCUT2D eigenvalue weighted by atomic mass is 10.1. The standard InChI is InChI=1S/C19H17BrN2O3S2/c1-2-27(24,25)16-9-3-13(4-10-16)11-18(23)22-19-21-17(12-26-19)14-5-7-15(20)8-6-14/h3-10,12H,2,11H2,1H3,(H,21,22,23). The summed E-state index contributed by atoms with van der Waals surface area (Å²) in [6.07, 6.45) is 0.152. The molecule has 3 rings (SSSR count). The van der Waals surface area contributed by atoms with Crippen molar-refractivity contribution < 1.29 is 13.2 Å². The fourth-order valence-corrected chi connectivity index (χ4v) is 4.30. The number of rotatable bonds is 6. The van der Waals surface area contributed by atoms with Crippen LogP contribution in [0.25, 0.3) is 11.3 Å². The summed E-state index contributed by atoms with van der Waals surface area (Å²) in [6, 6.07) is 14.2. The van der Waals surface area contributed by atoms with Gasteiger partial charge < -0.3 is 5.32 Å². The number of benzene rings is 2. The van der Waals surface area contributed by atoms with E-state index in [1.165, 1.54) is 23.5 Å². The Kier molecular flexibility index (Phi) is 6.08. The maximum Gasteiger partial charge on any atom is 0.230 e. The summed E-state index contributed by atoms with van der Waals surface area (Å²) in [6.45, 7) is 1.60. The summed E-state index contributed by atoms with van der Waals surface area (Å²) >= 11 is 4.76. The first-order chi connectivity index (χ1) is 12.9. The number of halogens is 1. The molecule has 0 atom stereocenters. The molecule has 0 fully saturated rings. The average molecular weight is 465 g/mol. The minimum atomic E-state index is -3.23. The number of nitrogens with one attached hydrogen (secondary N) is 1. The van der Waals surface area contributed by atoms with E-state index in [0.717, 1.165) is 21.3 Å². The predicted octanol–water partition coefficient (Wildman–Crippen LogP) is 4.55. The van der Waals surface area contributed by atoms with Crippen molar-refractivity contribution in [2.75, 3.05) is 11.1 Å². The number of hydrogen-bond donors (Lipinski definition) is 1. The molecule has 0 aliphatic carbocycles. The number of nitrogens with zero attached hydrogens (tertiary/aromatic N) is 1. The van der Waals surface area contributed by atoms with Gasteiger partial charge in [0, 0.05) is 15.4 Å². The minimum absolute atomic E-state index is 0.0532. The van der Waals surface area contributed by atoms with Gasteiger partial charge in [-0.15, -0.1) is 11.3 Å². The first-order valence-electron chi connectivity index (χ1n) is 8.20. The highest BCUT2D eigenvalue weighted by Crippen LogP contribution is 2.26. The molecule has 8 heteroatoms. The summed E-state index contributed by atoms with van der Waals surface area (Å²) in [7, 11) is -3.23. The zero-order valence-electron chi connectivity index (χ0n) is 14.5. The normalized spacial score (nSPS) is 11.3. The number of sulfone groups is 1. The first-order valence-corrected chi connectivity index (χ1v) is 11.5. The maximum atomic E-state index is 12.2. The molecule has 0 unspecified atom stereocenters. The zero-order valence-corrected chi connectivity index (χ0v) is 17.7. The van der Waals surface area contributed by atoms with Gasteiger partial charge in [-0.05, 0) is 29.8 Å². The summed E-state index contributed by atoms with van der Waals surface area (Å²) in [5, 5.41) is 5.21. The topological polar surface area (TPSA) is 76.1 Å². The lowest BCUT2D eigenvalue weighted by molar-refractivity contribution is -0.115. The van der Waals surface area contributed by atoms with Crippen LogP contribution in [-0.2, 0) is 21.1 Å². The number of carbonyl (C=O) groups is 1. The molecule has 1 aromatic heterocycles. The molecule has 0 bridgehead atoms. The van der Waals surface area contributed by atoms with Gasteiger partial charge in [-0.2, -0.15) is 0 Å². The van der Waals surface area contributed by atoms with Crippen LogP contribution in [0.15, 0.2) is 63.3 Å². The average Bonchev–Trinajstić information content (AvgIpc) is 3.11. The summed E-state index contributed by atoms with van der Waals surface area (Å²) < 4.78 is 24.6. The van der Waals surface area contributed by atoms with Crippen molar-refractivity contribution in [2.24, 2.45) is 0 Å². The smallest absolute Gasteiger partial charge is 0.230 e. The molecule has 0 saturated heterocycles. The van der Waals surface area contributed by atoms with Crippen LogP contribution < -0.4 is 5.32 Å². The van der Waals surface area contributed by atoms with Gasteiger partial charge >= 0.3 is 0 Å². The van der Waals surface area contributed by atoms with Gasteiger partial charge in [0.05, 0.1) is 22.8 Å².